The third-order valence-corrected chi connectivity index (χ3v) is 5.06. The summed E-state index contributed by atoms with van der Waals surface area (Å²) < 4.78 is 27.0. The lowest BCUT2D eigenvalue weighted by Crippen LogP contribution is -2.22. The Hall–Kier alpha value is -3.22. The molecule has 0 saturated heterocycles. The van der Waals surface area contributed by atoms with Crippen LogP contribution in [0, 0.1) is 0 Å². The van der Waals surface area contributed by atoms with Crippen LogP contribution in [0.2, 0.25) is 0 Å². The largest absolute Gasteiger partial charge is 0.493 e. The topological polar surface area (TPSA) is 75.6 Å². The number of hydrogen-bond donors (Lipinski definition) is 0. The molecule has 2 aliphatic heterocycles. The van der Waals surface area contributed by atoms with Gasteiger partial charge in [-0.05, 0) is 41.8 Å². The highest BCUT2D eigenvalue weighted by Crippen LogP contribution is 2.37. The van der Waals surface area contributed by atoms with Gasteiger partial charge in [0.2, 0.25) is 0 Å². The molecular formula is C22H23NO6. The molecule has 2 aromatic carbocycles. The average Bonchev–Trinajstić information content (AvgIpc) is 3.14. The number of hydrogen-bond acceptors (Lipinski definition) is 7. The monoisotopic (exact) mass is 397 g/mol. The van der Waals surface area contributed by atoms with Gasteiger partial charge in [-0.2, -0.15) is 0 Å². The fourth-order valence-electron chi connectivity index (χ4n) is 3.60. The zero-order chi connectivity index (χ0) is 20.4. The first-order valence-electron chi connectivity index (χ1n) is 9.43. The van der Waals surface area contributed by atoms with Crippen LogP contribution in [0.5, 0.6) is 23.0 Å². The Kier molecular flexibility index (Phi) is 5.29. The van der Waals surface area contributed by atoms with Crippen LogP contribution in [0.4, 0.5) is 0 Å². The molecule has 0 N–H and O–H groups in total. The number of esters is 1. The molecule has 0 aliphatic carbocycles. The van der Waals surface area contributed by atoms with E-state index in [1.165, 1.54) is 12.7 Å². The lowest BCUT2D eigenvalue weighted by molar-refractivity contribution is -0.145. The minimum Gasteiger partial charge on any atom is -0.493 e. The average molecular weight is 397 g/mol. The number of fused-ring (bicyclic) bond motifs is 2. The number of benzene rings is 2. The van der Waals surface area contributed by atoms with E-state index in [0.29, 0.717) is 23.7 Å². The standard InChI is InChI=1S/C22H23NO6/c1-25-18-10-14-6-7-23-16(15(14)11-19(18)26-2)8-13-4-5-17-20(9-13)29-22(28-17)12-21(24)27-3/h4-5,9-11,22H,6-8,12H2,1-3H3. The van der Waals surface area contributed by atoms with Crippen molar-refractivity contribution in [3.63, 3.8) is 0 Å². The third-order valence-electron chi connectivity index (χ3n) is 5.06. The van der Waals surface area contributed by atoms with Crippen molar-refractivity contribution >= 4 is 11.7 Å². The van der Waals surface area contributed by atoms with E-state index in [9.17, 15) is 4.79 Å². The number of carbonyl (C=O) groups excluding carboxylic acids is 1. The highest BCUT2D eigenvalue weighted by Gasteiger charge is 2.27. The molecule has 0 aromatic heterocycles. The molecule has 0 bridgehead atoms. The van der Waals surface area contributed by atoms with Gasteiger partial charge < -0.3 is 23.7 Å². The van der Waals surface area contributed by atoms with Gasteiger partial charge in [0.1, 0.15) is 6.42 Å². The molecule has 0 amide bonds. The molecule has 7 heteroatoms. The van der Waals surface area contributed by atoms with Crippen molar-refractivity contribution in [2.24, 2.45) is 4.99 Å². The van der Waals surface area contributed by atoms with Crippen LogP contribution in [-0.2, 0) is 22.4 Å². The van der Waals surface area contributed by atoms with Gasteiger partial charge in [-0.1, -0.05) is 6.07 Å². The SMILES string of the molecule is COC(=O)CC1Oc2ccc(CC3=NCCc4cc(OC)c(OC)cc43)cc2O1. The van der Waals surface area contributed by atoms with Crippen LogP contribution in [0.15, 0.2) is 35.3 Å². The molecule has 0 fully saturated rings. The third kappa shape index (κ3) is 3.85. The number of aliphatic imine (C=N–C) groups is 1. The van der Waals surface area contributed by atoms with Crippen molar-refractivity contribution in [3.8, 4) is 23.0 Å². The minimum atomic E-state index is -0.655. The summed E-state index contributed by atoms with van der Waals surface area (Å²) in [5.41, 5.74) is 4.33. The number of nitrogens with zero attached hydrogens (tertiary/aromatic N) is 1. The fraction of sp³-hybridized carbons (Fsp3) is 0.364. The van der Waals surface area contributed by atoms with Crippen molar-refractivity contribution in [2.45, 2.75) is 25.6 Å². The first-order chi connectivity index (χ1) is 14.1. The Labute approximate surface area is 169 Å². The predicted octanol–water partition coefficient (Wildman–Crippen LogP) is 2.95. The van der Waals surface area contributed by atoms with Crippen molar-refractivity contribution in [1.82, 2.24) is 0 Å². The summed E-state index contributed by atoms with van der Waals surface area (Å²) in [4.78, 5) is 16.2. The Morgan fingerprint density at radius 3 is 2.59 bits per heavy atom. The minimum absolute atomic E-state index is 0.0439. The van der Waals surface area contributed by atoms with E-state index in [2.05, 4.69) is 4.74 Å². The number of carbonyl (C=O) groups is 1. The van der Waals surface area contributed by atoms with Gasteiger partial charge in [0.25, 0.3) is 6.29 Å². The second-order valence-electron chi connectivity index (χ2n) is 6.85. The second kappa shape index (κ2) is 8.03. The Balaban J connectivity index is 1.54. The van der Waals surface area contributed by atoms with Gasteiger partial charge in [0.15, 0.2) is 23.0 Å². The molecular weight excluding hydrogens is 374 g/mol. The maximum atomic E-state index is 11.4. The quantitative estimate of drug-likeness (QED) is 0.698. The fourth-order valence-corrected chi connectivity index (χ4v) is 3.60. The van der Waals surface area contributed by atoms with Crippen LogP contribution < -0.4 is 18.9 Å². The molecule has 1 unspecified atom stereocenters. The molecule has 0 radical (unpaired) electrons. The molecule has 2 aliphatic rings. The van der Waals surface area contributed by atoms with Crippen molar-refractivity contribution < 1.29 is 28.5 Å². The highest BCUT2D eigenvalue weighted by atomic mass is 16.7. The van der Waals surface area contributed by atoms with Crippen LogP contribution in [0.1, 0.15) is 23.1 Å². The lowest BCUT2D eigenvalue weighted by atomic mass is 9.93. The summed E-state index contributed by atoms with van der Waals surface area (Å²) in [7, 11) is 4.62. The zero-order valence-electron chi connectivity index (χ0n) is 16.7. The van der Waals surface area contributed by atoms with Gasteiger partial charge >= 0.3 is 5.97 Å². The first kappa shape index (κ1) is 19.1. The predicted molar refractivity (Wildman–Crippen MR) is 106 cm³/mol. The van der Waals surface area contributed by atoms with Crippen LogP contribution in [0.3, 0.4) is 0 Å². The summed E-state index contributed by atoms with van der Waals surface area (Å²) in [5.74, 6) is 2.30. The van der Waals surface area contributed by atoms with Gasteiger partial charge in [-0.3, -0.25) is 9.79 Å². The summed E-state index contributed by atoms with van der Waals surface area (Å²) in [5, 5.41) is 0. The lowest BCUT2D eigenvalue weighted by Gasteiger charge is -2.20. The molecule has 2 heterocycles. The molecule has 2 aromatic rings. The number of ether oxygens (including phenoxy) is 5. The molecule has 0 saturated carbocycles. The van der Waals surface area contributed by atoms with Gasteiger partial charge in [0.05, 0.1) is 21.3 Å². The molecule has 29 heavy (non-hydrogen) atoms. The van der Waals surface area contributed by atoms with E-state index in [1.54, 1.807) is 14.2 Å². The Morgan fingerprint density at radius 2 is 1.83 bits per heavy atom. The smallest absolute Gasteiger partial charge is 0.313 e. The summed E-state index contributed by atoms with van der Waals surface area (Å²) in [6.07, 6.45) is 0.913. The first-order valence-corrected chi connectivity index (χ1v) is 9.43. The Morgan fingerprint density at radius 1 is 1.07 bits per heavy atom. The van der Waals surface area contributed by atoms with E-state index in [1.807, 2.05) is 30.3 Å². The maximum absolute atomic E-state index is 11.4. The molecule has 4 rings (SSSR count). The van der Waals surface area contributed by atoms with Gasteiger partial charge in [-0.25, -0.2) is 0 Å². The van der Waals surface area contributed by atoms with E-state index in [4.69, 9.17) is 23.9 Å². The van der Waals surface area contributed by atoms with Crippen LogP contribution >= 0.6 is 0 Å². The number of rotatable bonds is 6. The van der Waals surface area contributed by atoms with E-state index in [-0.39, 0.29) is 12.4 Å². The normalized spacial score (nSPS) is 16.7. The van der Waals surface area contributed by atoms with Crippen LogP contribution in [0.25, 0.3) is 0 Å². The Bertz CT molecular complexity index is 968. The number of methoxy groups -OCH3 is 3. The van der Waals surface area contributed by atoms with Crippen molar-refractivity contribution in [2.75, 3.05) is 27.9 Å². The zero-order valence-corrected chi connectivity index (χ0v) is 16.7. The summed E-state index contributed by atoms with van der Waals surface area (Å²) in [6, 6.07) is 9.80. The van der Waals surface area contributed by atoms with E-state index < -0.39 is 6.29 Å². The molecule has 7 nitrogen and oxygen atoms in total. The maximum Gasteiger partial charge on any atom is 0.313 e. The van der Waals surface area contributed by atoms with E-state index in [0.717, 1.165) is 35.6 Å². The van der Waals surface area contributed by atoms with Gasteiger partial charge in [0, 0.05) is 24.2 Å². The van der Waals surface area contributed by atoms with Gasteiger partial charge in [-0.15, -0.1) is 0 Å². The summed E-state index contributed by atoms with van der Waals surface area (Å²) >= 11 is 0. The second-order valence-corrected chi connectivity index (χ2v) is 6.85. The van der Waals surface area contributed by atoms with Crippen molar-refractivity contribution in [1.29, 1.82) is 0 Å². The molecule has 0 spiro atoms. The summed E-state index contributed by atoms with van der Waals surface area (Å²) in [6.45, 7) is 0.740. The molecule has 152 valence electrons. The highest BCUT2D eigenvalue weighted by molar-refractivity contribution is 6.04. The van der Waals surface area contributed by atoms with E-state index >= 15 is 0 Å². The van der Waals surface area contributed by atoms with Crippen molar-refractivity contribution in [3.05, 3.63) is 47.0 Å². The molecule has 1 atom stereocenters. The van der Waals surface area contributed by atoms with Crippen LogP contribution in [-0.4, -0.2) is 45.8 Å².